The van der Waals surface area contributed by atoms with Crippen molar-refractivity contribution in [3.05, 3.63) is 12.2 Å². The second-order valence-electron chi connectivity index (χ2n) is 4.83. The third kappa shape index (κ3) is 1.99. The molecule has 78 valence electrons. The van der Waals surface area contributed by atoms with E-state index in [1.165, 1.54) is 25.7 Å². The first kappa shape index (κ1) is 9.75. The Morgan fingerprint density at radius 3 is 2.86 bits per heavy atom. The van der Waals surface area contributed by atoms with Gasteiger partial charge in [0.1, 0.15) is 0 Å². The topological polar surface area (TPSA) is 37.3 Å². The van der Waals surface area contributed by atoms with Crippen LogP contribution in [-0.4, -0.2) is 11.1 Å². The van der Waals surface area contributed by atoms with Crippen LogP contribution < -0.4 is 0 Å². The number of unbranched alkanes of at least 4 members (excludes halogenated alkanes) is 1. The molecule has 2 heteroatoms. The highest BCUT2D eigenvalue weighted by atomic mass is 16.4. The van der Waals surface area contributed by atoms with Crippen LogP contribution >= 0.6 is 0 Å². The molecule has 2 rings (SSSR count). The summed E-state index contributed by atoms with van der Waals surface area (Å²) in [6, 6.07) is 0. The zero-order chi connectivity index (χ0) is 10.0. The highest BCUT2D eigenvalue weighted by molar-refractivity contribution is 5.66. The quantitative estimate of drug-likeness (QED) is 0.539. The van der Waals surface area contributed by atoms with Crippen LogP contribution in [0.4, 0.5) is 0 Å². The lowest BCUT2D eigenvalue weighted by atomic mass is 9.82. The number of carbonyl (C=O) groups is 1. The Labute approximate surface area is 85.0 Å². The Hall–Kier alpha value is -0.790. The average molecular weight is 194 g/mol. The van der Waals surface area contributed by atoms with Crippen molar-refractivity contribution in [2.24, 2.45) is 11.3 Å². The van der Waals surface area contributed by atoms with Crippen molar-refractivity contribution < 1.29 is 9.90 Å². The first-order valence-electron chi connectivity index (χ1n) is 5.61. The molecule has 0 aromatic rings. The van der Waals surface area contributed by atoms with Gasteiger partial charge in [0.05, 0.1) is 0 Å². The van der Waals surface area contributed by atoms with Crippen molar-refractivity contribution in [3.8, 4) is 0 Å². The Morgan fingerprint density at radius 1 is 1.50 bits per heavy atom. The summed E-state index contributed by atoms with van der Waals surface area (Å²) in [5.41, 5.74) is 0.475. The minimum absolute atomic E-state index is 0.337. The van der Waals surface area contributed by atoms with Crippen LogP contribution in [0.2, 0.25) is 0 Å². The van der Waals surface area contributed by atoms with E-state index in [1.54, 1.807) is 0 Å². The molecule has 2 bridgehead atoms. The molecule has 2 aliphatic rings. The fraction of sp³-hybridized carbons (Fsp3) is 0.750. The predicted octanol–water partition coefficient (Wildman–Crippen LogP) is 2.99. The molecule has 0 saturated heterocycles. The molecule has 1 fully saturated rings. The van der Waals surface area contributed by atoms with Crippen LogP contribution in [0.1, 0.15) is 44.9 Å². The third-order valence-electron chi connectivity index (χ3n) is 3.72. The van der Waals surface area contributed by atoms with Gasteiger partial charge >= 0.3 is 5.97 Å². The molecule has 0 aliphatic heterocycles. The fourth-order valence-corrected chi connectivity index (χ4v) is 2.92. The molecule has 0 heterocycles. The van der Waals surface area contributed by atoms with Gasteiger partial charge in [-0.3, -0.25) is 4.79 Å². The second-order valence-corrected chi connectivity index (χ2v) is 4.83. The smallest absolute Gasteiger partial charge is 0.303 e. The number of hydrogen-bond acceptors (Lipinski definition) is 1. The molecule has 1 N–H and O–H groups in total. The lowest BCUT2D eigenvalue weighted by Gasteiger charge is -2.22. The largest absolute Gasteiger partial charge is 0.481 e. The molecule has 0 radical (unpaired) electrons. The Morgan fingerprint density at radius 2 is 2.36 bits per heavy atom. The van der Waals surface area contributed by atoms with E-state index in [2.05, 4.69) is 12.2 Å². The van der Waals surface area contributed by atoms with Gasteiger partial charge in [-0.05, 0) is 43.4 Å². The minimum atomic E-state index is -0.659. The predicted molar refractivity (Wildman–Crippen MR) is 55.0 cm³/mol. The zero-order valence-electron chi connectivity index (χ0n) is 8.54. The number of allylic oxidation sites excluding steroid dienone is 2. The van der Waals surface area contributed by atoms with E-state index in [1.807, 2.05) is 0 Å². The second kappa shape index (κ2) is 3.76. The van der Waals surface area contributed by atoms with Crippen molar-refractivity contribution in [1.82, 2.24) is 0 Å². The van der Waals surface area contributed by atoms with Crippen molar-refractivity contribution in [2.45, 2.75) is 44.9 Å². The summed E-state index contributed by atoms with van der Waals surface area (Å²) in [4.78, 5) is 10.3. The van der Waals surface area contributed by atoms with Crippen LogP contribution in [0.15, 0.2) is 12.2 Å². The summed E-state index contributed by atoms with van der Waals surface area (Å²) in [5.74, 6) is 0.184. The van der Waals surface area contributed by atoms with Crippen molar-refractivity contribution in [1.29, 1.82) is 0 Å². The van der Waals surface area contributed by atoms with E-state index in [0.717, 1.165) is 18.8 Å². The molecule has 1 saturated carbocycles. The van der Waals surface area contributed by atoms with E-state index in [9.17, 15) is 4.79 Å². The van der Waals surface area contributed by atoms with Gasteiger partial charge in [-0.1, -0.05) is 18.6 Å². The Balaban J connectivity index is 1.71. The monoisotopic (exact) mass is 194 g/mol. The van der Waals surface area contributed by atoms with Crippen molar-refractivity contribution >= 4 is 5.97 Å². The first-order chi connectivity index (χ1) is 6.70. The van der Waals surface area contributed by atoms with Crippen molar-refractivity contribution in [3.63, 3.8) is 0 Å². The maximum absolute atomic E-state index is 10.3. The van der Waals surface area contributed by atoms with Crippen molar-refractivity contribution in [2.75, 3.05) is 0 Å². The molecular weight excluding hydrogens is 176 g/mol. The molecule has 2 unspecified atom stereocenters. The van der Waals surface area contributed by atoms with Gasteiger partial charge in [-0.15, -0.1) is 0 Å². The van der Waals surface area contributed by atoms with Gasteiger partial charge in [-0.2, -0.15) is 0 Å². The number of aliphatic carboxylic acids is 1. The van der Waals surface area contributed by atoms with Crippen LogP contribution in [0.3, 0.4) is 0 Å². The van der Waals surface area contributed by atoms with Gasteiger partial charge in [0, 0.05) is 6.42 Å². The van der Waals surface area contributed by atoms with Crippen LogP contribution in [0, 0.1) is 11.3 Å². The summed E-state index contributed by atoms with van der Waals surface area (Å²) in [5, 5.41) is 8.52. The van der Waals surface area contributed by atoms with Gasteiger partial charge in [0.2, 0.25) is 0 Å². The number of hydrogen-bond donors (Lipinski definition) is 1. The molecule has 2 atom stereocenters. The summed E-state index contributed by atoms with van der Waals surface area (Å²) in [6.45, 7) is 0. The average Bonchev–Trinajstić information content (AvgIpc) is 2.72. The summed E-state index contributed by atoms with van der Waals surface area (Å²) in [7, 11) is 0. The number of fused-ring (bicyclic) bond motifs is 2. The van der Waals surface area contributed by atoms with Crippen LogP contribution in [-0.2, 0) is 4.79 Å². The third-order valence-corrected chi connectivity index (χ3v) is 3.72. The number of carboxylic acid groups (broad SMARTS) is 1. The molecule has 0 aromatic carbocycles. The van der Waals surface area contributed by atoms with Gasteiger partial charge < -0.3 is 5.11 Å². The SMILES string of the molecule is O=C(O)CCCCC12C=CC(CC1)C2. The van der Waals surface area contributed by atoms with E-state index >= 15 is 0 Å². The van der Waals surface area contributed by atoms with Crippen LogP contribution in [0.25, 0.3) is 0 Å². The van der Waals surface area contributed by atoms with Gasteiger partial charge in [-0.25, -0.2) is 0 Å². The number of rotatable bonds is 5. The highest BCUT2D eigenvalue weighted by Crippen LogP contribution is 2.51. The maximum Gasteiger partial charge on any atom is 0.303 e. The Kier molecular flexibility index (Phi) is 2.62. The van der Waals surface area contributed by atoms with Gasteiger partial charge in [0.25, 0.3) is 0 Å². The lowest BCUT2D eigenvalue weighted by Crippen LogP contribution is -2.11. The summed E-state index contributed by atoms with van der Waals surface area (Å²) >= 11 is 0. The lowest BCUT2D eigenvalue weighted by molar-refractivity contribution is -0.137. The Bertz CT molecular complexity index is 257. The summed E-state index contributed by atoms with van der Waals surface area (Å²) in [6.07, 6.45) is 12.2. The van der Waals surface area contributed by atoms with Gasteiger partial charge in [0.15, 0.2) is 0 Å². The molecule has 0 aromatic heterocycles. The maximum atomic E-state index is 10.3. The zero-order valence-corrected chi connectivity index (χ0v) is 8.54. The summed E-state index contributed by atoms with van der Waals surface area (Å²) < 4.78 is 0. The van der Waals surface area contributed by atoms with E-state index < -0.39 is 5.97 Å². The molecule has 2 aliphatic carbocycles. The van der Waals surface area contributed by atoms with E-state index in [4.69, 9.17) is 5.11 Å². The van der Waals surface area contributed by atoms with E-state index in [0.29, 0.717) is 11.8 Å². The normalized spacial score (nSPS) is 33.9. The minimum Gasteiger partial charge on any atom is -0.481 e. The number of carboxylic acids is 1. The molecule has 0 spiro atoms. The standard InChI is InChI=1S/C12H18O2/c13-11(14)3-1-2-6-12-7-4-10(9-12)5-8-12/h4,7,10H,1-3,5-6,8-9H2,(H,13,14). The highest BCUT2D eigenvalue weighted by Gasteiger charge is 2.39. The molecular formula is C12H18O2. The van der Waals surface area contributed by atoms with Crippen LogP contribution in [0.5, 0.6) is 0 Å². The van der Waals surface area contributed by atoms with E-state index in [-0.39, 0.29) is 0 Å². The molecule has 2 nitrogen and oxygen atoms in total. The fourth-order valence-electron chi connectivity index (χ4n) is 2.92. The molecule has 14 heavy (non-hydrogen) atoms. The first-order valence-corrected chi connectivity index (χ1v) is 5.61. The molecule has 0 amide bonds.